The fourth-order valence-corrected chi connectivity index (χ4v) is 6.39. The number of nitrogens with one attached hydrogen (secondary N) is 1. The number of aromatic nitrogens is 2. The summed E-state index contributed by atoms with van der Waals surface area (Å²) < 4.78 is 19.0. The maximum Gasteiger partial charge on any atom is 0.318 e. The first-order valence-electron chi connectivity index (χ1n) is 12.2. The summed E-state index contributed by atoms with van der Waals surface area (Å²) in [5, 5.41) is 13.4. The molecule has 2 aliphatic heterocycles. The van der Waals surface area contributed by atoms with Crippen molar-refractivity contribution >= 4 is 46.5 Å². The number of carbonyl (C=O) groups is 2. The molecule has 2 amide bonds. The molecule has 1 fully saturated rings. The lowest BCUT2D eigenvalue weighted by atomic mass is 9.65. The second-order valence-corrected chi connectivity index (χ2v) is 10.5. The molecule has 3 heterocycles. The number of fused-ring (bicyclic) bond motifs is 3. The van der Waals surface area contributed by atoms with Gasteiger partial charge >= 0.3 is 6.01 Å². The van der Waals surface area contributed by atoms with E-state index in [1.54, 1.807) is 6.07 Å². The van der Waals surface area contributed by atoms with E-state index in [4.69, 9.17) is 27.9 Å². The van der Waals surface area contributed by atoms with Gasteiger partial charge in [-0.15, -0.1) is 0 Å². The normalized spacial score (nSPS) is 22.3. The van der Waals surface area contributed by atoms with Crippen molar-refractivity contribution in [3.8, 4) is 12.1 Å². The summed E-state index contributed by atoms with van der Waals surface area (Å²) in [6.45, 7) is 3.75. The second kappa shape index (κ2) is 10.0. The molecule has 1 spiro atoms. The number of halogens is 3. The van der Waals surface area contributed by atoms with E-state index in [0.717, 1.165) is 24.0 Å². The number of benzene rings is 1. The largest absolute Gasteiger partial charge is 0.467 e. The summed E-state index contributed by atoms with van der Waals surface area (Å²) in [7, 11) is 1.46. The van der Waals surface area contributed by atoms with Gasteiger partial charge in [-0.1, -0.05) is 29.8 Å². The highest BCUT2D eigenvalue weighted by atomic mass is 35.5. The van der Waals surface area contributed by atoms with Crippen LogP contribution >= 0.6 is 23.2 Å². The van der Waals surface area contributed by atoms with Crippen molar-refractivity contribution in [1.29, 1.82) is 5.26 Å². The maximum absolute atomic E-state index is 13.8. The average Bonchev–Trinajstić information content (AvgIpc) is 2.89. The highest BCUT2D eigenvalue weighted by Crippen LogP contribution is 2.48. The summed E-state index contributed by atoms with van der Waals surface area (Å²) in [5.41, 5.74) is 1.87. The summed E-state index contributed by atoms with van der Waals surface area (Å²) in [5.74, 6) is -1.69. The number of hydrogen-bond acceptors (Lipinski definition) is 7. The van der Waals surface area contributed by atoms with Crippen LogP contribution in [0, 0.1) is 11.3 Å². The Labute approximate surface area is 229 Å². The summed E-state index contributed by atoms with van der Waals surface area (Å²) in [4.78, 5) is 38.5. The van der Waals surface area contributed by atoms with Crippen molar-refractivity contribution in [1.82, 2.24) is 14.9 Å². The zero-order chi connectivity index (χ0) is 27.2. The molecule has 0 saturated carbocycles. The Morgan fingerprint density at radius 1 is 1.37 bits per heavy atom. The van der Waals surface area contributed by atoms with Crippen LogP contribution in [0.2, 0.25) is 10.0 Å². The second-order valence-electron chi connectivity index (χ2n) is 9.70. The molecule has 3 aliphatic rings. The number of anilines is 2. The van der Waals surface area contributed by atoms with E-state index < -0.39 is 23.2 Å². The minimum Gasteiger partial charge on any atom is -0.467 e. The SMILES string of the molecule is C=C(F)C(=O)N1CCN(c2nc(OC)nc3c2NC(=O)C2(CCCc4c(Cl)cc(Cl)cc42)C3)CC1CC#N. The van der Waals surface area contributed by atoms with Crippen molar-refractivity contribution < 1.29 is 18.7 Å². The first kappa shape index (κ1) is 26.2. The van der Waals surface area contributed by atoms with Crippen molar-refractivity contribution in [3.63, 3.8) is 0 Å². The highest BCUT2D eigenvalue weighted by Gasteiger charge is 2.49. The van der Waals surface area contributed by atoms with Crippen LogP contribution in [0.3, 0.4) is 0 Å². The van der Waals surface area contributed by atoms with Crippen LogP contribution in [-0.4, -0.2) is 59.5 Å². The lowest BCUT2D eigenvalue weighted by Gasteiger charge is -2.44. The molecule has 1 saturated heterocycles. The Hall–Kier alpha value is -3.42. The number of piperazine rings is 1. The number of amides is 2. The van der Waals surface area contributed by atoms with Gasteiger partial charge in [0.15, 0.2) is 11.6 Å². The van der Waals surface area contributed by atoms with Crippen LogP contribution in [0.1, 0.15) is 36.1 Å². The highest BCUT2D eigenvalue weighted by molar-refractivity contribution is 6.35. The molecule has 2 aromatic rings. The summed E-state index contributed by atoms with van der Waals surface area (Å²) >= 11 is 12.9. The molecule has 5 rings (SSSR count). The summed E-state index contributed by atoms with van der Waals surface area (Å²) in [6, 6.07) is 5.10. The standard InChI is InChI=1S/C26H25Cl2FN6O3/c1-14(29)23(36)35-9-8-34(13-16(35)5-7-30)22-21-20(31-25(33-22)38-2)12-26(24(37)32-21)6-3-4-17-18(26)10-15(27)11-19(17)28/h10-11,16H,1,3-6,8-9,12-13H2,2H3,(H,32,37). The molecule has 38 heavy (non-hydrogen) atoms. The van der Waals surface area contributed by atoms with Gasteiger partial charge < -0.3 is 19.9 Å². The number of hydrogen-bond donors (Lipinski definition) is 1. The molecule has 2 unspecified atom stereocenters. The predicted octanol–water partition coefficient (Wildman–Crippen LogP) is 3.97. The van der Waals surface area contributed by atoms with Crippen molar-refractivity contribution in [2.45, 2.75) is 43.6 Å². The molecule has 1 N–H and O–H groups in total. The number of nitrogens with zero attached hydrogens (tertiary/aromatic N) is 5. The number of nitriles is 1. The first-order valence-corrected chi connectivity index (χ1v) is 13.0. The third kappa shape index (κ3) is 4.33. The van der Waals surface area contributed by atoms with E-state index in [2.05, 4.69) is 27.9 Å². The van der Waals surface area contributed by atoms with E-state index in [1.807, 2.05) is 11.0 Å². The van der Waals surface area contributed by atoms with Crippen LogP contribution in [0.15, 0.2) is 24.5 Å². The van der Waals surface area contributed by atoms with Gasteiger partial charge in [0.05, 0.1) is 36.8 Å². The third-order valence-corrected chi connectivity index (χ3v) is 8.13. The molecule has 1 aromatic carbocycles. The van der Waals surface area contributed by atoms with Gasteiger partial charge in [0, 0.05) is 36.1 Å². The molecule has 198 valence electrons. The molecular formula is C26H25Cl2FN6O3. The quantitative estimate of drug-likeness (QED) is 0.565. The molecule has 12 heteroatoms. The smallest absolute Gasteiger partial charge is 0.318 e. The first-order chi connectivity index (χ1) is 18.2. The van der Waals surface area contributed by atoms with Crippen molar-refractivity contribution in [3.05, 3.63) is 51.4 Å². The minimum atomic E-state index is -1.08. The monoisotopic (exact) mass is 558 g/mol. The van der Waals surface area contributed by atoms with Gasteiger partial charge in [0.2, 0.25) is 5.91 Å². The summed E-state index contributed by atoms with van der Waals surface area (Å²) in [6.07, 6.45) is 2.42. The zero-order valence-electron chi connectivity index (χ0n) is 20.7. The minimum absolute atomic E-state index is 0.00625. The van der Waals surface area contributed by atoms with E-state index in [0.29, 0.717) is 46.6 Å². The van der Waals surface area contributed by atoms with Crippen molar-refractivity contribution in [2.24, 2.45) is 0 Å². The lowest BCUT2D eigenvalue weighted by molar-refractivity contribution is -0.131. The van der Waals surface area contributed by atoms with Gasteiger partial charge in [-0.25, -0.2) is 4.39 Å². The van der Waals surface area contributed by atoms with E-state index in [9.17, 15) is 19.2 Å². The Morgan fingerprint density at radius 2 is 2.16 bits per heavy atom. The molecule has 1 aliphatic carbocycles. The Bertz CT molecular complexity index is 1400. The molecule has 1 aromatic heterocycles. The van der Waals surface area contributed by atoms with Crippen molar-refractivity contribution in [2.75, 3.05) is 37.0 Å². The van der Waals surface area contributed by atoms with Gasteiger partial charge in [-0.05, 0) is 42.5 Å². The van der Waals surface area contributed by atoms with Gasteiger partial charge in [0.1, 0.15) is 5.69 Å². The van der Waals surface area contributed by atoms with Crippen LogP contribution in [0.25, 0.3) is 0 Å². The predicted molar refractivity (Wildman–Crippen MR) is 140 cm³/mol. The van der Waals surface area contributed by atoms with Gasteiger partial charge in [0.25, 0.3) is 5.91 Å². The molecule has 2 atom stereocenters. The Balaban J connectivity index is 1.55. The van der Waals surface area contributed by atoms with Gasteiger partial charge in [-0.3, -0.25) is 9.59 Å². The van der Waals surface area contributed by atoms with E-state index >= 15 is 0 Å². The third-order valence-electron chi connectivity index (χ3n) is 7.58. The number of ether oxygens (including phenoxy) is 1. The Morgan fingerprint density at radius 3 is 2.87 bits per heavy atom. The number of rotatable bonds is 4. The number of carbonyl (C=O) groups excluding carboxylic acids is 2. The number of methoxy groups -OCH3 is 1. The molecular weight excluding hydrogens is 534 g/mol. The van der Waals surface area contributed by atoms with E-state index in [-0.39, 0.29) is 31.4 Å². The van der Waals surface area contributed by atoms with Crippen LogP contribution in [0.4, 0.5) is 15.9 Å². The fourth-order valence-electron chi connectivity index (χ4n) is 5.80. The van der Waals surface area contributed by atoms with Crippen LogP contribution in [0.5, 0.6) is 6.01 Å². The Kier molecular flexibility index (Phi) is 6.92. The zero-order valence-corrected chi connectivity index (χ0v) is 22.2. The molecule has 0 bridgehead atoms. The topological polar surface area (TPSA) is 111 Å². The lowest BCUT2D eigenvalue weighted by Crippen LogP contribution is -2.56. The fraction of sp³-hybridized carbons (Fsp3) is 0.423. The van der Waals surface area contributed by atoms with E-state index in [1.165, 1.54) is 12.0 Å². The average molecular weight is 559 g/mol. The molecule has 0 radical (unpaired) electrons. The molecule has 9 nitrogen and oxygen atoms in total. The van der Waals surface area contributed by atoms with Gasteiger partial charge in [-0.2, -0.15) is 15.2 Å². The van der Waals surface area contributed by atoms with Crippen LogP contribution in [-0.2, 0) is 27.8 Å². The maximum atomic E-state index is 13.8. The van der Waals surface area contributed by atoms with Crippen LogP contribution < -0.4 is 15.0 Å².